The molecule has 1 nitrogen and oxygen atoms in total. The SMILES string of the molecule is C[SiH](C)C(CCCCCCC[Si](C)(Cl)Cl)O[Si](C)(C)C. The van der Waals surface area contributed by atoms with Crippen LogP contribution in [0.15, 0.2) is 0 Å². The lowest BCUT2D eigenvalue weighted by molar-refractivity contribution is 0.250. The normalized spacial score (nSPS) is 14.8. The zero-order chi connectivity index (χ0) is 15.8. The van der Waals surface area contributed by atoms with Crippen molar-refractivity contribution in [1.82, 2.24) is 0 Å². The van der Waals surface area contributed by atoms with Crippen LogP contribution in [0.4, 0.5) is 0 Å². The minimum atomic E-state index is -1.85. The zero-order valence-corrected chi connectivity index (χ0v) is 18.9. The molecule has 122 valence electrons. The predicted octanol–water partition coefficient (Wildman–Crippen LogP) is 6.12. The van der Waals surface area contributed by atoms with Crippen molar-refractivity contribution < 1.29 is 4.43 Å². The molecule has 0 bridgehead atoms. The Bertz CT molecular complexity index is 250. The molecule has 0 saturated carbocycles. The standard InChI is InChI=1S/C14H34Cl2OSi3/c1-18(2)14(17-19(3,4)5)12-10-8-7-9-11-13-20(6,15)16/h14,18H,7-13H2,1-6H3. The van der Waals surface area contributed by atoms with Crippen molar-refractivity contribution in [3.8, 4) is 0 Å². The van der Waals surface area contributed by atoms with Gasteiger partial charge in [-0.25, -0.2) is 0 Å². The summed E-state index contributed by atoms with van der Waals surface area (Å²) in [6.45, 7) is 11.9. The van der Waals surface area contributed by atoms with Crippen LogP contribution >= 0.6 is 22.2 Å². The topological polar surface area (TPSA) is 9.23 Å². The van der Waals surface area contributed by atoms with Crippen molar-refractivity contribution in [3.63, 3.8) is 0 Å². The second-order valence-electron chi connectivity index (χ2n) is 7.39. The van der Waals surface area contributed by atoms with Crippen molar-refractivity contribution >= 4 is 46.0 Å². The summed E-state index contributed by atoms with van der Waals surface area (Å²) in [5, 5.41) is 0. The van der Waals surface area contributed by atoms with Crippen LogP contribution < -0.4 is 0 Å². The van der Waals surface area contributed by atoms with E-state index < -0.39 is 23.8 Å². The van der Waals surface area contributed by atoms with Gasteiger partial charge in [-0.3, -0.25) is 0 Å². The van der Waals surface area contributed by atoms with Crippen LogP contribution in [-0.4, -0.2) is 29.5 Å². The minimum absolute atomic E-state index is 0.586. The molecule has 0 aliphatic carbocycles. The van der Waals surface area contributed by atoms with Gasteiger partial charge in [0.25, 0.3) is 0 Å². The molecule has 0 heterocycles. The Morgan fingerprint density at radius 1 is 0.900 bits per heavy atom. The van der Waals surface area contributed by atoms with E-state index in [0.29, 0.717) is 5.73 Å². The Balaban J connectivity index is 3.70. The van der Waals surface area contributed by atoms with E-state index >= 15 is 0 Å². The van der Waals surface area contributed by atoms with Crippen LogP contribution in [0, 0.1) is 0 Å². The van der Waals surface area contributed by atoms with Crippen LogP contribution in [0.2, 0.25) is 45.3 Å². The third-order valence-corrected chi connectivity index (χ3v) is 8.96. The molecule has 0 aromatic rings. The van der Waals surface area contributed by atoms with Gasteiger partial charge >= 0.3 is 0 Å². The van der Waals surface area contributed by atoms with E-state index in [4.69, 9.17) is 26.6 Å². The van der Waals surface area contributed by atoms with Gasteiger partial charge < -0.3 is 4.43 Å². The predicted molar refractivity (Wildman–Crippen MR) is 103 cm³/mol. The highest BCUT2D eigenvalue weighted by Gasteiger charge is 2.23. The molecule has 0 N–H and O–H groups in total. The second-order valence-corrected chi connectivity index (χ2v) is 23.3. The molecule has 0 spiro atoms. The molecule has 0 saturated heterocycles. The lowest BCUT2D eigenvalue weighted by Crippen LogP contribution is -2.38. The average molecular weight is 374 g/mol. The summed E-state index contributed by atoms with van der Waals surface area (Å²) in [5.74, 6) is 0. The summed E-state index contributed by atoms with van der Waals surface area (Å²) in [6, 6.07) is 1.04. The molecular formula is C14H34Cl2OSi3. The smallest absolute Gasteiger partial charge is 0.248 e. The van der Waals surface area contributed by atoms with Crippen LogP contribution in [0.3, 0.4) is 0 Å². The molecule has 0 aromatic carbocycles. The Hall–Kier alpha value is 1.19. The monoisotopic (exact) mass is 372 g/mol. The number of rotatable bonds is 11. The summed E-state index contributed by atoms with van der Waals surface area (Å²) < 4.78 is 6.34. The van der Waals surface area contributed by atoms with Crippen molar-refractivity contribution in [2.75, 3.05) is 0 Å². The molecule has 0 fully saturated rings. The summed E-state index contributed by atoms with van der Waals surface area (Å²) in [4.78, 5) is 0. The maximum Gasteiger partial charge on any atom is 0.248 e. The van der Waals surface area contributed by atoms with Gasteiger partial charge in [-0.15, -0.1) is 22.2 Å². The number of hydrogen-bond acceptors (Lipinski definition) is 1. The van der Waals surface area contributed by atoms with Crippen molar-refractivity contribution in [3.05, 3.63) is 0 Å². The van der Waals surface area contributed by atoms with Crippen molar-refractivity contribution in [2.24, 2.45) is 0 Å². The second kappa shape index (κ2) is 10.1. The molecule has 6 heteroatoms. The van der Waals surface area contributed by atoms with Gasteiger partial charge in [-0.1, -0.05) is 45.2 Å². The van der Waals surface area contributed by atoms with Crippen molar-refractivity contribution in [1.29, 1.82) is 0 Å². The summed E-state index contributed by atoms with van der Waals surface area (Å²) in [5.41, 5.74) is 0.586. The lowest BCUT2D eigenvalue weighted by atomic mass is 10.1. The third kappa shape index (κ3) is 14.1. The van der Waals surface area contributed by atoms with Gasteiger partial charge in [-0.2, -0.15) is 0 Å². The average Bonchev–Trinajstić information content (AvgIpc) is 2.22. The molecule has 0 rings (SSSR count). The van der Waals surface area contributed by atoms with Crippen LogP contribution in [-0.2, 0) is 4.43 Å². The van der Waals surface area contributed by atoms with Gasteiger partial charge in [0.1, 0.15) is 0 Å². The molecular weight excluding hydrogens is 339 g/mol. The number of unbranched alkanes of at least 4 members (excludes halogenated alkanes) is 4. The fourth-order valence-corrected chi connectivity index (χ4v) is 8.21. The van der Waals surface area contributed by atoms with Gasteiger partial charge in [0.15, 0.2) is 8.32 Å². The molecule has 0 aliphatic rings. The highest BCUT2D eigenvalue weighted by Crippen LogP contribution is 2.23. The van der Waals surface area contributed by atoms with Gasteiger partial charge in [0, 0.05) is 5.73 Å². The molecule has 1 unspecified atom stereocenters. The quantitative estimate of drug-likeness (QED) is 0.241. The van der Waals surface area contributed by atoms with Crippen molar-refractivity contribution in [2.45, 2.75) is 89.6 Å². The fraction of sp³-hybridized carbons (Fsp3) is 1.00. The summed E-state index contributed by atoms with van der Waals surface area (Å²) >= 11 is 12.2. The Morgan fingerprint density at radius 2 is 1.40 bits per heavy atom. The summed E-state index contributed by atoms with van der Waals surface area (Å²) in [7, 11) is -2.07. The Morgan fingerprint density at radius 3 is 1.85 bits per heavy atom. The first-order valence-corrected chi connectivity index (χ1v) is 19.2. The fourth-order valence-electron chi connectivity index (χ4n) is 2.29. The molecule has 0 radical (unpaired) electrons. The van der Waals surface area contributed by atoms with Gasteiger partial charge in [0.05, 0.1) is 8.80 Å². The third-order valence-electron chi connectivity index (χ3n) is 3.35. The molecule has 0 amide bonds. The number of halogens is 2. The van der Waals surface area contributed by atoms with E-state index in [2.05, 4.69) is 32.7 Å². The molecule has 20 heavy (non-hydrogen) atoms. The van der Waals surface area contributed by atoms with E-state index in [1.165, 1.54) is 38.5 Å². The Labute approximate surface area is 139 Å². The molecule has 0 aliphatic heterocycles. The van der Waals surface area contributed by atoms with Crippen LogP contribution in [0.1, 0.15) is 38.5 Å². The molecule has 0 aromatic heterocycles. The van der Waals surface area contributed by atoms with Crippen LogP contribution in [0.25, 0.3) is 0 Å². The van der Waals surface area contributed by atoms with E-state index in [0.717, 1.165) is 6.04 Å². The van der Waals surface area contributed by atoms with E-state index in [1.807, 2.05) is 6.55 Å². The van der Waals surface area contributed by atoms with E-state index in [1.54, 1.807) is 0 Å². The maximum absolute atomic E-state index is 6.34. The summed E-state index contributed by atoms with van der Waals surface area (Å²) in [6.07, 6.45) is 7.71. The van der Waals surface area contributed by atoms with Gasteiger partial charge in [0.2, 0.25) is 6.69 Å². The van der Waals surface area contributed by atoms with E-state index in [-0.39, 0.29) is 0 Å². The first-order valence-electron chi connectivity index (χ1n) is 8.07. The maximum atomic E-state index is 6.34. The Kier molecular flexibility index (Phi) is 10.7. The highest BCUT2D eigenvalue weighted by atomic mass is 35.7. The highest BCUT2D eigenvalue weighted by molar-refractivity contribution is 7.44. The van der Waals surface area contributed by atoms with Crippen LogP contribution in [0.5, 0.6) is 0 Å². The lowest BCUT2D eigenvalue weighted by Gasteiger charge is -2.29. The number of hydrogen-bond donors (Lipinski definition) is 0. The van der Waals surface area contributed by atoms with E-state index in [9.17, 15) is 0 Å². The largest absolute Gasteiger partial charge is 0.418 e. The van der Waals surface area contributed by atoms with Gasteiger partial charge in [-0.05, 0) is 38.7 Å². The first kappa shape index (κ1) is 21.2. The molecule has 1 atom stereocenters. The first-order chi connectivity index (χ1) is 9.01. The minimum Gasteiger partial charge on any atom is -0.418 e. The zero-order valence-electron chi connectivity index (χ0n) is 14.3.